The zero-order chi connectivity index (χ0) is 18.2. The van der Waals surface area contributed by atoms with E-state index in [-0.39, 0.29) is 0 Å². The van der Waals surface area contributed by atoms with Gasteiger partial charge in [-0.2, -0.15) is 5.26 Å². The van der Waals surface area contributed by atoms with Gasteiger partial charge < -0.3 is 4.90 Å². The molecule has 0 aromatic heterocycles. The lowest BCUT2D eigenvalue weighted by atomic mass is 10.1. The second kappa shape index (κ2) is 8.50. The number of rotatable bonds is 5. The van der Waals surface area contributed by atoms with E-state index < -0.39 is 11.8 Å². The maximum atomic E-state index is 12.1. The molecule has 0 fully saturated rings. The van der Waals surface area contributed by atoms with Crippen molar-refractivity contribution in [2.45, 2.75) is 13.8 Å². The first-order valence-corrected chi connectivity index (χ1v) is 8.04. The zero-order valence-electron chi connectivity index (χ0n) is 14.2. The Morgan fingerprint density at radius 2 is 1.56 bits per heavy atom. The molecular weight excluding hydrogens is 316 g/mol. The summed E-state index contributed by atoms with van der Waals surface area (Å²) >= 11 is 0. The van der Waals surface area contributed by atoms with E-state index in [1.165, 1.54) is 6.07 Å². The van der Waals surface area contributed by atoms with Crippen LogP contribution in [0.1, 0.15) is 40.1 Å². The van der Waals surface area contributed by atoms with E-state index in [1.807, 2.05) is 18.2 Å². The number of nitrogens with zero attached hydrogens (tertiary/aromatic N) is 2. The molecule has 0 atom stereocenters. The highest BCUT2D eigenvalue weighted by Crippen LogP contribution is 2.14. The van der Waals surface area contributed by atoms with Crippen LogP contribution >= 0.6 is 0 Å². The van der Waals surface area contributed by atoms with Crippen molar-refractivity contribution in [1.29, 1.82) is 5.26 Å². The van der Waals surface area contributed by atoms with Gasteiger partial charge in [-0.3, -0.25) is 20.4 Å². The fraction of sp³-hybridized carbons (Fsp3) is 0.211. The Bertz CT molecular complexity index is 790. The lowest BCUT2D eigenvalue weighted by Gasteiger charge is -2.21. The number of hydrogen-bond donors (Lipinski definition) is 2. The Balaban J connectivity index is 1.98. The molecule has 0 aliphatic carbocycles. The van der Waals surface area contributed by atoms with Crippen LogP contribution < -0.4 is 15.8 Å². The van der Waals surface area contributed by atoms with Crippen molar-refractivity contribution in [1.82, 2.24) is 10.9 Å². The van der Waals surface area contributed by atoms with Crippen molar-refractivity contribution in [2.24, 2.45) is 0 Å². The molecule has 0 aliphatic heterocycles. The van der Waals surface area contributed by atoms with E-state index in [2.05, 4.69) is 29.6 Å². The summed E-state index contributed by atoms with van der Waals surface area (Å²) in [6.45, 7) is 5.92. The second-order valence-corrected chi connectivity index (χ2v) is 5.32. The SMILES string of the molecule is CCN(CC)c1ccc(C(=O)NNC(=O)c2cccc(C#N)c2)cc1. The maximum Gasteiger partial charge on any atom is 0.269 e. The molecule has 2 aromatic carbocycles. The number of hydrazine groups is 1. The molecule has 128 valence electrons. The van der Waals surface area contributed by atoms with Crippen molar-refractivity contribution in [3.63, 3.8) is 0 Å². The Hall–Kier alpha value is -3.33. The predicted molar refractivity (Wildman–Crippen MR) is 96.1 cm³/mol. The van der Waals surface area contributed by atoms with E-state index in [9.17, 15) is 9.59 Å². The monoisotopic (exact) mass is 336 g/mol. The van der Waals surface area contributed by atoms with E-state index in [1.54, 1.807) is 30.3 Å². The first kappa shape index (κ1) is 18.0. The molecule has 2 N–H and O–H groups in total. The molecule has 0 radical (unpaired) electrons. The molecule has 2 aromatic rings. The molecule has 6 heteroatoms. The predicted octanol–water partition coefficient (Wildman–Crippen LogP) is 2.48. The van der Waals surface area contributed by atoms with Crippen molar-refractivity contribution >= 4 is 17.5 Å². The molecule has 0 unspecified atom stereocenters. The van der Waals surface area contributed by atoms with Crippen molar-refractivity contribution in [3.8, 4) is 6.07 Å². The van der Waals surface area contributed by atoms with Gasteiger partial charge in [0.15, 0.2) is 0 Å². The average Bonchev–Trinajstić information content (AvgIpc) is 2.67. The number of anilines is 1. The van der Waals surface area contributed by atoms with E-state index in [4.69, 9.17) is 5.26 Å². The zero-order valence-corrected chi connectivity index (χ0v) is 14.2. The number of carbonyl (C=O) groups is 2. The Labute approximate surface area is 147 Å². The van der Waals surface area contributed by atoms with Crippen LogP contribution in [0.5, 0.6) is 0 Å². The van der Waals surface area contributed by atoms with Gasteiger partial charge in [0, 0.05) is 29.9 Å². The lowest BCUT2D eigenvalue weighted by Crippen LogP contribution is -2.41. The highest BCUT2D eigenvalue weighted by Gasteiger charge is 2.10. The molecular formula is C19H20N4O2. The fourth-order valence-electron chi connectivity index (χ4n) is 2.40. The molecule has 0 bridgehead atoms. The standard InChI is InChI=1S/C19H20N4O2/c1-3-23(4-2)17-10-8-15(9-11-17)18(24)21-22-19(25)16-7-5-6-14(12-16)13-20/h5-12H,3-4H2,1-2H3,(H,21,24)(H,22,25). The lowest BCUT2D eigenvalue weighted by molar-refractivity contribution is 0.0846. The molecule has 2 rings (SSSR count). The van der Waals surface area contributed by atoms with Crippen LogP contribution in [0, 0.1) is 11.3 Å². The van der Waals surface area contributed by atoms with Gasteiger partial charge in [-0.05, 0) is 56.3 Å². The summed E-state index contributed by atoms with van der Waals surface area (Å²) in [4.78, 5) is 26.3. The molecule has 0 aliphatic rings. The first-order chi connectivity index (χ1) is 12.1. The Morgan fingerprint density at radius 3 is 2.12 bits per heavy atom. The molecule has 0 saturated heterocycles. The van der Waals surface area contributed by atoms with Gasteiger partial charge in [0.1, 0.15) is 0 Å². The summed E-state index contributed by atoms with van der Waals surface area (Å²) in [5, 5.41) is 8.85. The number of benzene rings is 2. The number of amides is 2. The van der Waals surface area contributed by atoms with Crippen LogP contribution in [0.4, 0.5) is 5.69 Å². The summed E-state index contributed by atoms with van der Waals surface area (Å²) in [5.74, 6) is -0.888. The van der Waals surface area contributed by atoms with Gasteiger partial charge in [-0.25, -0.2) is 0 Å². The maximum absolute atomic E-state index is 12.1. The minimum atomic E-state index is -0.481. The molecule has 0 spiro atoms. The number of nitrogens with one attached hydrogen (secondary N) is 2. The van der Waals surface area contributed by atoms with Gasteiger partial charge in [-0.1, -0.05) is 6.07 Å². The number of hydrogen-bond acceptors (Lipinski definition) is 4. The van der Waals surface area contributed by atoms with Crippen LogP contribution in [-0.4, -0.2) is 24.9 Å². The smallest absolute Gasteiger partial charge is 0.269 e. The van der Waals surface area contributed by atoms with E-state index in [0.29, 0.717) is 16.7 Å². The van der Waals surface area contributed by atoms with E-state index in [0.717, 1.165) is 18.8 Å². The highest BCUT2D eigenvalue weighted by molar-refractivity contribution is 5.99. The van der Waals surface area contributed by atoms with Gasteiger partial charge in [0.05, 0.1) is 11.6 Å². The van der Waals surface area contributed by atoms with Crippen molar-refractivity contribution in [3.05, 3.63) is 65.2 Å². The number of nitriles is 1. The van der Waals surface area contributed by atoms with Gasteiger partial charge in [-0.15, -0.1) is 0 Å². The molecule has 2 amide bonds. The van der Waals surface area contributed by atoms with Gasteiger partial charge >= 0.3 is 0 Å². The normalized spacial score (nSPS) is 9.80. The molecule has 25 heavy (non-hydrogen) atoms. The third-order valence-corrected chi connectivity index (χ3v) is 3.80. The van der Waals surface area contributed by atoms with Crippen molar-refractivity contribution < 1.29 is 9.59 Å². The minimum absolute atomic E-state index is 0.302. The first-order valence-electron chi connectivity index (χ1n) is 8.04. The summed E-state index contributed by atoms with van der Waals surface area (Å²) < 4.78 is 0. The largest absolute Gasteiger partial charge is 0.372 e. The molecule has 0 heterocycles. The fourth-order valence-corrected chi connectivity index (χ4v) is 2.40. The third-order valence-electron chi connectivity index (χ3n) is 3.80. The summed E-state index contributed by atoms with van der Waals surface area (Å²) in [6, 6.07) is 15.4. The van der Waals surface area contributed by atoms with Gasteiger partial charge in [0.2, 0.25) is 0 Å². The quantitative estimate of drug-likeness (QED) is 0.822. The summed E-state index contributed by atoms with van der Waals surface area (Å²) in [6.07, 6.45) is 0. The van der Waals surface area contributed by atoms with Crippen LogP contribution in [0.2, 0.25) is 0 Å². The average molecular weight is 336 g/mol. The summed E-state index contributed by atoms with van der Waals surface area (Å²) in [7, 11) is 0. The Morgan fingerprint density at radius 1 is 0.960 bits per heavy atom. The van der Waals surface area contributed by atoms with Crippen LogP contribution in [0.3, 0.4) is 0 Å². The van der Waals surface area contributed by atoms with E-state index >= 15 is 0 Å². The minimum Gasteiger partial charge on any atom is -0.372 e. The Kier molecular flexibility index (Phi) is 6.13. The van der Waals surface area contributed by atoms with Crippen LogP contribution in [0.15, 0.2) is 48.5 Å². The molecule has 0 saturated carbocycles. The topological polar surface area (TPSA) is 85.2 Å². The summed E-state index contributed by atoms with van der Waals surface area (Å²) in [5.41, 5.74) is 6.90. The second-order valence-electron chi connectivity index (χ2n) is 5.32. The van der Waals surface area contributed by atoms with Crippen molar-refractivity contribution in [2.75, 3.05) is 18.0 Å². The van der Waals surface area contributed by atoms with Crippen LogP contribution in [0.25, 0.3) is 0 Å². The molecule has 6 nitrogen and oxygen atoms in total. The van der Waals surface area contributed by atoms with Crippen LogP contribution in [-0.2, 0) is 0 Å². The number of carbonyl (C=O) groups excluding carboxylic acids is 2. The highest BCUT2D eigenvalue weighted by atomic mass is 16.2. The third kappa shape index (κ3) is 4.58. The van der Waals surface area contributed by atoms with Gasteiger partial charge in [0.25, 0.3) is 11.8 Å².